The molecule has 4 rings (SSSR count). The summed E-state index contributed by atoms with van der Waals surface area (Å²) in [6.07, 6.45) is 2.47. The number of nitrogens with zero attached hydrogens (tertiary/aromatic N) is 2. The van der Waals surface area contributed by atoms with Gasteiger partial charge in [-0.25, -0.2) is 4.98 Å². The van der Waals surface area contributed by atoms with Gasteiger partial charge in [-0.1, -0.05) is 30.3 Å². The summed E-state index contributed by atoms with van der Waals surface area (Å²) in [4.78, 5) is 32.2. The van der Waals surface area contributed by atoms with E-state index in [4.69, 9.17) is 14.3 Å². The molecule has 2 aromatic heterocycles. The van der Waals surface area contributed by atoms with Crippen LogP contribution in [0.4, 0.5) is 0 Å². The van der Waals surface area contributed by atoms with E-state index in [-0.39, 0.29) is 18.9 Å². The molecule has 0 aliphatic rings. The Morgan fingerprint density at radius 3 is 2.56 bits per heavy atom. The number of benzene rings is 2. The van der Waals surface area contributed by atoms with E-state index < -0.39 is 5.97 Å². The summed E-state index contributed by atoms with van der Waals surface area (Å²) in [5.74, 6) is 0.773. The lowest BCUT2D eigenvalue weighted by atomic mass is 10.0. The average Bonchev–Trinajstić information content (AvgIpc) is 3.27. The number of aliphatic carboxylic acids is 1. The molecule has 2 aromatic carbocycles. The van der Waals surface area contributed by atoms with E-state index in [2.05, 4.69) is 15.3 Å². The number of rotatable bonds is 11. The summed E-state index contributed by atoms with van der Waals surface area (Å²) in [6, 6.07) is 20.3. The zero-order valence-corrected chi connectivity index (χ0v) is 19.9. The fraction of sp³-hybridized carbons (Fsp3) is 0.214. The molecule has 0 fully saturated rings. The van der Waals surface area contributed by atoms with Crippen LogP contribution in [-0.2, 0) is 24.2 Å². The van der Waals surface area contributed by atoms with Crippen molar-refractivity contribution in [3.8, 4) is 17.2 Å². The number of ether oxygens (including phenoxy) is 1. The van der Waals surface area contributed by atoms with Gasteiger partial charge in [-0.2, -0.15) is 0 Å². The molecule has 0 atom stereocenters. The standard InChI is InChI=1S/C28H27N3O5/c1-19-24(31-28(36-19)21-7-3-2-4-8-21)14-16-35-23-12-10-20(11-13-26(32)33)22(17-23)18-30-27(34)25-9-5-6-15-29-25/h2-10,12,15,17H,11,13-14,16,18H2,1H3,(H,30,34)(H,32,33). The van der Waals surface area contributed by atoms with Crippen LogP contribution >= 0.6 is 0 Å². The average molecular weight is 486 g/mol. The Balaban J connectivity index is 1.41. The summed E-state index contributed by atoms with van der Waals surface area (Å²) < 4.78 is 11.8. The van der Waals surface area contributed by atoms with Crippen molar-refractivity contribution in [2.45, 2.75) is 32.7 Å². The maximum absolute atomic E-state index is 12.4. The molecule has 8 nitrogen and oxygen atoms in total. The van der Waals surface area contributed by atoms with E-state index >= 15 is 0 Å². The second-order valence-electron chi connectivity index (χ2n) is 8.21. The summed E-state index contributed by atoms with van der Waals surface area (Å²) >= 11 is 0. The van der Waals surface area contributed by atoms with Crippen molar-refractivity contribution in [3.63, 3.8) is 0 Å². The van der Waals surface area contributed by atoms with E-state index in [1.165, 1.54) is 0 Å². The lowest BCUT2D eigenvalue weighted by Crippen LogP contribution is -2.24. The second kappa shape index (κ2) is 11.8. The molecule has 4 aromatic rings. The van der Waals surface area contributed by atoms with E-state index in [0.29, 0.717) is 36.8 Å². The van der Waals surface area contributed by atoms with Gasteiger partial charge in [0.2, 0.25) is 5.89 Å². The summed E-state index contributed by atoms with van der Waals surface area (Å²) in [5.41, 5.74) is 3.69. The lowest BCUT2D eigenvalue weighted by Gasteiger charge is -2.13. The van der Waals surface area contributed by atoms with Gasteiger partial charge in [-0.3, -0.25) is 14.6 Å². The van der Waals surface area contributed by atoms with E-state index in [1.54, 1.807) is 24.4 Å². The number of aryl methyl sites for hydroxylation is 2. The number of carbonyl (C=O) groups excluding carboxylic acids is 1. The largest absolute Gasteiger partial charge is 0.493 e. The third kappa shape index (κ3) is 6.56. The van der Waals surface area contributed by atoms with Gasteiger partial charge in [0.25, 0.3) is 5.91 Å². The summed E-state index contributed by atoms with van der Waals surface area (Å²) in [7, 11) is 0. The molecule has 0 saturated heterocycles. The number of carboxylic acid groups (broad SMARTS) is 1. The fourth-order valence-electron chi connectivity index (χ4n) is 3.73. The first kappa shape index (κ1) is 24.7. The van der Waals surface area contributed by atoms with Gasteiger partial charge in [0.1, 0.15) is 17.2 Å². The molecule has 0 radical (unpaired) electrons. The summed E-state index contributed by atoms with van der Waals surface area (Å²) in [5, 5.41) is 11.9. The van der Waals surface area contributed by atoms with Crippen molar-refractivity contribution < 1.29 is 23.8 Å². The molecule has 0 saturated carbocycles. The molecule has 8 heteroatoms. The minimum Gasteiger partial charge on any atom is -0.493 e. The van der Waals surface area contributed by atoms with Crippen molar-refractivity contribution in [1.82, 2.24) is 15.3 Å². The Hall–Kier alpha value is -4.46. The molecule has 0 aliphatic carbocycles. The SMILES string of the molecule is Cc1oc(-c2ccccc2)nc1CCOc1ccc(CCC(=O)O)c(CNC(=O)c2ccccn2)c1. The predicted molar refractivity (Wildman–Crippen MR) is 134 cm³/mol. The number of amides is 1. The van der Waals surface area contributed by atoms with E-state index in [9.17, 15) is 9.59 Å². The summed E-state index contributed by atoms with van der Waals surface area (Å²) in [6.45, 7) is 2.49. The minimum atomic E-state index is -0.878. The van der Waals surface area contributed by atoms with Crippen LogP contribution < -0.4 is 10.1 Å². The second-order valence-corrected chi connectivity index (χ2v) is 8.21. The maximum atomic E-state index is 12.4. The fourth-order valence-corrected chi connectivity index (χ4v) is 3.73. The highest BCUT2D eigenvalue weighted by molar-refractivity contribution is 5.92. The van der Waals surface area contributed by atoms with Crippen molar-refractivity contribution in [2.24, 2.45) is 0 Å². The molecule has 0 spiro atoms. The van der Waals surface area contributed by atoms with Crippen LogP contribution in [0.15, 0.2) is 77.3 Å². The maximum Gasteiger partial charge on any atom is 0.303 e. The first-order valence-electron chi connectivity index (χ1n) is 11.7. The number of carboxylic acids is 1. The number of carbonyl (C=O) groups is 2. The Kier molecular flexibility index (Phi) is 8.08. The highest BCUT2D eigenvalue weighted by Gasteiger charge is 2.13. The molecular weight excluding hydrogens is 458 g/mol. The predicted octanol–water partition coefficient (Wildman–Crippen LogP) is 4.61. The van der Waals surface area contributed by atoms with Crippen LogP contribution in [0.3, 0.4) is 0 Å². The molecular formula is C28H27N3O5. The Morgan fingerprint density at radius 2 is 1.81 bits per heavy atom. The van der Waals surface area contributed by atoms with Gasteiger partial charge in [-0.15, -0.1) is 0 Å². The molecule has 0 bridgehead atoms. The van der Waals surface area contributed by atoms with E-state index in [0.717, 1.165) is 28.1 Å². The van der Waals surface area contributed by atoms with Gasteiger partial charge < -0.3 is 19.6 Å². The monoisotopic (exact) mass is 485 g/mol. The van der Waals surface area contributed by atoms with Crippen LogP contribution in [-0.4, -0.2) is 33.6 Å². The third-order valence-electron chi connectivity index (χ3n) is 5.64. The van der Waals surface area contributed by atoms with Crippen molar-refractivity contribution in [1.29, 1.82) is 0 Å². The van der Waals surface area contributed by atoms with Gasteiger partial charge >= 0.3 is 5.97 Å². The highest BCUT2D eigenvalue weighted by Crippen LogP contribution is 2.23. The van der Waals surface area contributed by atoms with Crippen LogP contribution in [0.25, 0.3) is 11.5 Å². The van der Waals surface area contributed by atoms with Gasteiger partial charge in [0.05, 0.1) is 12.3 Å². The van der Waals surface area contributed by atoms with Crippen LogP contribution in [0.1, 0.15) is 39.5 Å². The topological polar surface area (TPSA) is 115 Å². The van der Waals surface area contributed by atoms with Crippen molar-refractivity contribution in [3.05, 3.63) is 101 Å². The third-order valence-corrected chi connectivity index (χ3v) is 5.64. The minimum absolute atomic E-state index is 0.00340. The highest BCUT2D eigenvalue weighted by atomic mass is 16.5. The first-order chi connectivity index (χ1) is 17.5. The Morgan fingerprint density at radius 1 is 1.00 bits per heavy atom. The molecule has 184 valence electrons. The molecule has 2 N–H and O–H groups in total. The number of hydrogen-bond donors (Lipinski definition) is 2. The van der Waals surface area contributed by atoms with Crippen molar-refractivity contribution in [2.75, 3.05) is 6.61 Å². The van der Waals surface area contributed by atoms with Crippen LogP contribution in [0.2, 0.25) is 0 Å². The van der Waals surface area contributed by atoms with Crippen molar-refractivity contribution >= 4 is 11.9 Å². The number of pyridine rings is 1. The van der Waals surface area contributed by atoms with Gasteiger partial charge in [-0.05, 0) is 60.9 Å². The Labute approximate surface area is 209 Å². The first-order valence-corrected chi connectivity index (χ1v) is 11.7. The molecule has 1 amide bonds. The molecule has 36 heavy (non-hydrogen) atoms. The van der Waals surface area contributed by atoms with Gasteiger partial charge in [0.15, 0.2) is 0 Å². The van der Waals surface area contributed by atoms with E-state index in [1.807, 2.05) is 55.5 Å². The number of aromatic nitrogens is 2. The molecule has 0 unspecified atom stereocenters. The van der Waals surface area contributed by atoms with Gasteiger partial charge in [0, 0.05) is 31.1 Å². The Bertz CT molecular complexity index is 1320. The number of hydrogen-bond acceptors (Lipinski definition) is 6. The quantitative estimate of drug-likeness (QED) is 0.319. The lowest BCUT2D eigenvalue weighted by molar-refractivity contribution is -0.136. The van der Waals surface area contributed by atoms with Crippen LogP contribution in [0, 0.1) is 6.92 Å². The zero-order valence-electron chi connectivity index (χ0n) is 19.9. The molecule has 0 aliphatic heterocycles. The smallest absolute Gasteiger partial charge is 0.303 e. The van der Waals surface area contributed by atoms with Crippen LogP contribution in [0.5, 0.6) is 5.75 Å². The number of oxazole rings is 1. The normalized spacial score (nSPS) is 10.7. The molecule has 2 heterocycles. The zero-order chi connectivity index (χ0) is 25.3. The number of nitrogens with one attached hydrogen (secondary N) is 1.